The van der Waals surface area contributed by atoms with Crippen molar-refractivity contribution in [3.8, 4) is 0 Å². The summed E-state index contributed by atoms with van der Waals surface area (Å²) in [5.74, 6) is 0. The van der Waals surface area contributed by atoms with Crippen molar-refractivity contribution in [2.24, 2.45) is 0 Å². The van der Waals surface area contributed by atoms with Crippen molar-refractivity contribution in [1.82, 2.24) is 0 Å². The molecule has 0 saturated heterocycles. The van der Waals surface area contributed by atoms with Crippen LogP contribution in [-0.4, -0.2) is 9.52 Å². The Bertz CT molecular complexity index is 80.5. The Balaban J connectivity index is 3.53. The van der Waals surface area contributed by atoms with E-state index in [1.807, 2.05) is 6.92 Å². The van der Waals surface area contributed by atoms with Gasteiger partial charge in [0.1, 0.15) is 9.52 Å². The molecular formula is C5H8Br2O. The van der Waals surface area contributed by atoms with Crippen LogP contribution in [0.1, 0.15) is 19.8 Å². The van der Waals surface area contributed by atoms with Crippen molar-refractivity contribution in [1.29, 1.82) is 0 Å². The first kappa shape index (κ1) is 8.63. The standard InChI is InChI=1S/C5H8Br2O/c1-2-3-5(6,7)4-8/h4H,2-3H2,1H3. The maximum Gasteiger partial charge on any atom is 0.147 e. The lowest BCUT2D eigenvalue weighted by Gasteiger charge is -2.08. The van der Waals surface area contributed by atoms with Crippen LogP contribution in [0.5, 0.6) is 0 Å². The maximum atomic E-state index is 10.1. The topological polar surface area (TPSA) is 17.1 Å². The highest BCUT2D eigenvalue weighted by molar-refractivity contribution is 9.25. The van der Waals surface area contributed by atoms with Crippen LogP contribution < -0.4 is 0 Å². The summed E-state index contributed by atoms with van der Waals surface area (Å²) in [6.07, 6.45) is 2.68. The smallest absolute Gasteiger partial charge is 0.147 e. The number of hydrogen-bond acceptors (Lipinski definition) is 1. The molecule has 0 aromatic carbocycles. The maximum absolute atomic E-state index is 10.1. The molecule has 0 saturated carbocycles. The van der Waals surface area contributed by atoms with Crippen LogP contribution in [0.25, 0.3) is 0 Å². The second kappa shape index (κ2) is 3.62. The predicted molar refractivity (Wildman–Crippen MR) is 41.6 cm³/mol. The van der Waals surface area contributed by atoms with Gasteiger partial charge in [-0.15, -0.1) is 0 Å². The Hall–Kier alpha value is 0.630. The molecule has 0 aliphatic rings. The van der Waals surface area contributed by atoms with Gasteiger partial charge >= 0.3 is 0 Å². The molecule has 0 heterocycles. The van der Waals surface area contributed by atoms with E-state index >= 15 is 0 Å². The minimum atomic E-state index is -0.464. The summed E-state index contributed by atoms with van der Waals surface area (Å²) in [6.45, 7) is 2.03. The van der Waals surface area contributed by atoms with Gasteiger partial charge in [-0.3, -0.25) is 0 Å². The Morgan fingerprint density at radius 3 is 2.25 bits per heavy atom. The van der Waals surface area contributed by atoms with Crippen LogP contribution in [0.15, 0.2) is 0 Å². The predicted octanol–water partition coefficient (Wildman–Crippen LogP) is 2.47. The molecule has 0 rings (SSSR count). The molecule has 1 nitrogen and oxygen atoms in total. The second-order valence-corrected chi connectivity index (χ2v) is 5.52. The second-order valence-electron chi connectivity index (χ2n) is 1.63. The van der Waals surface area contributed by atoms with E-state index in [9.17, 15) is 4.79 Å². The third kappa shape index (κ3) is 3.61. The first-order valence-electron chi connectivity index (χ1n) is 2.46. The number of alkyl halides is 2. The molecule has 3 heteroatoms. The van der Waals surface area contributed by atoms with Gasteiger partial charge in [-0.25, -0.2) is 0 Å². The van der Waals surface area contributed by atoms with Gasteiger partial charge in [0.25, 0.3) is 0 Å². The van der Waals surface area contributed by atoms with E-state index in [0.717, 1.165) is 19.1 Å². The van der Waals surface area contributed by atoms with Crippen molar-refractivity contribution >= 4 is 38.1 Å². The molecule has 0 aliphatic carbocycles. The summed E-state index contributed by atoms with van der Waals surface area (Å²) < 4.78 is -0.464. The van der Waals surface area contributed by atoms with Gasteiger partial charge in [-0.05, 0) is 6.42 Å². The Morgan fingerprint density at radius 2 is 2.12 bits per heavy atom. The molecule has 48 valence electrons. The third-order valence-corrected chi connectivity index (χ3v) is 1.92. The van der Waals surface area contributed by atoms with Crippen LogP contribution in [0.4, 0.5) is 0 Å². The zero-order valence-electron chi connectivity index (χ0n) is 4.66. The lowest BCUT2D eigenvalue weighted by molar-refractivity contribution is -0.107. The van der Waals surface area contributed by atoms with Gasteiger partial charge in [-0.2, -0.15) is 0 Å². The normalized spacial score (nSPS) is 11.4. The van der Waals surface area contributed by atoms with Gasteiger partial charge in [-0.1, -0.05) is 45.2 Å². The van der Waals surface area contributed by atoms with E-state index in [1.165, 1.54) is 0 Å². The third-order valence-electron chi connectivity index (χ3n) is 0.756. The molecule has 0 radical (unpaired) electrons. The summed E-state index contributed by atoms with van der Waals surface area (Å²) >= 11 is 6.38. The number of aldehydes is 1. The van der Waals surface area contributed by atoms with E-state index in [-0.39, 0.29) is 0 Å². The molecule has 0 atom stereocenters. The van der Waals surface area contributed by atoms with Crippen LogP contribution in [0, 0.1) is 0 Å². The SMILES string of the molecule is CCCC(Br)(Br)C=O. The highest BCUT2D eigenvalue weighted by Gasteiger charge is 2.18. The molecule has 0 N–H and O–H groups in total. The van der Waals surface area contributed by atoms with Crippen molar-refractivity contribution < 1.29 is 4.79 Å². The summed E-state index contributed by atoms with van der Waals surface area (Å²) in [6, 6.07) is 0. The number of carbonyl (C=O) groups is 1. The van der Waals surface area contributed by atoms with Crippen molar-refractivity contribution in [3.05, 3.63) is 0 Å². The summed E-state index contributed by atoms with van der Waals surface area (Å²) in [4.78, 5) is 10.1. The summed E-state index contributed by atoms with van der Waals surface area (Å²) in [7, 11) is 0. The number of rotatable bonds is 3. The highest BCUT2D eigenvalue weighted by atomic mass is 79.9. The molecular weight excluding hydrogens is 236 g/mol. The van der Waals surface area contributed by atoms with Crippen LogP contribution in [-0.2, 0) is 4.79 Å². The molecule has 0 spiro atoms. The fourth-order valence-corrected chi connectivity index (χ4v) is 1.19. The summed E-state index contributed by atoms with van der Waals surface area (Å²) in [5, 5.41) is 0. The van der Waals surface area contributed by atoms with Crippen molar-refractivity contribution in [2.75, 3.05) is 0 Å². The van der Waals surface area contributed by atoms with Gasteiger partial charge < -0.3 is 4.79 Å². The van der Waals surface area contributed by atoms with E-state index in [0.29, 0.717) is 0 Å². The number of halogens is 2. The number of hydrogen-bond donors (Lipinski definition) is 0. The van der Waals surface area contributed by atoms with Crippen LogP contribution >= 0.6 is 31.9 Å². The fourth-order valence-electron chi connectivity index (χ4n) is 0.392. The van der Waals surface area contributed by atoms with Gasteiger partial charge in [0.2, 0.25) is 0 Å². The lowest BCUT2D eigenvalue weighted by Crippen LogP contribution is -2.11. The lowest BCUT2D eigenvalue weighted by atomic mass is 10.3. The number of carbonyl (C=O) groups excluding carboxylic acids is 1. The first-order valence-corrected chi connectivity index (χ1v) is 4.05. The Labute approximate surface area is 66.1 Å². The molecule has 0 fully saturated rings. The van der Waals surface area contributed by atoms with E-state index in [1.54, 1.807) is 0 Å². The minimum absolute atomic E-state index is 0.464. The van der Waals surface area contributed by atoms with E-state index in [4.69, 9.17) is 0 Å². The van der Waals surface area contributed by atoms with Gasteiger partial charge in [0, 0.05) is 0 Å². The van der Waals surface area contributed by atoms with Crippen molar-refractivity contribution in [2.45, 2.75) is 23.0 Å². The zero-order valence-corrected chi connectivity index (χ0v) is 7.83. The van der Waals surface area contributed by atoms with E-state index < -0.39 is 3.23 Å². The molecule has 8 heavy (non-hydrogen) atoms. The van der Waals surface area contributed by atoms with Crippen molar-refractivity contribution in [3.63, 3.8) is 0 Å². The highest BCUT2D eigenvalue weighted by Crippen LogP contribution is 2.28. The first-order chi connectivity index (χ1) is 3.62. The largest absolute Gasteiger partial charge is 0.301 e. The average molecular weight is 244 g/mol. The monoisotopic (exact) mass is 242 g/mol. The Morgan fingerprint density at radius 1 is 1.62 bits per heavy atom. The van der Waals surface area contributed by atoms with Crippen LogP contribution in [0.2, 0.25) is 0 Å². The van der Waals surface area contributed by atoms with Gasteiger partial charge in [0.15, 0.2) is 0 Å². The summed E-state index contributed by atoms with van der Waals surface area (Å²) in [5.41, 5.74) is 0. The molecule has 0 unspecified atom stereocenters. The molecule has 0 amide bonds. The molecule has 0 bridgehead atoms. The van der Waals surface area contributed by atoms with Crippen LogP contribution in [0.3, 0.4) is 0 Å². The Kier molecular flexibility index (Phi) is 3.90. The molecule has 0 aromatic heterocycles. The van der Waals surface area contributed by atoms with E-state index in [2.05, 4.69) is 31.9 Å². The molecule has 0 aromatic rings. The zero-order chi connectivity index (χ0) is 6.62. The average Bonchev–Trinajstić information content (AvgIpc) is 1.67. The fraction of sp³-hybridized carbons (Fsp3) is 0.800. The quantitative estimate of drug-likeness (QED) is 0.550. The molecule has 0 aliphatic heterocycles. The minimum Gasteiger partial charge on any atom is -0.301 e. The van der Waals surface area contributed by atoms with Gasteiger partial charge in [0.05, 0.1) is 0 Å².